The molecule has 1 aliphatic heterocycles. The summed E-state index contributed by atoms with van der Waals surface area (Å²) in [6, 6.07) is 4.59. The van der Waals surface area contributed by atoms with Crippen LogP contribution < -0.4 is 10.1 Å². The number of hydrogen-bond donors (Lipinski definition) is 1. The average molecular weight is 362 g/mol. The van der Waals surface area contributed by atoms with Gasteiger partial charge < -0.3 is 19.0 Å². The summed E-state index contributed by atoms with van der Waals surface area (Å²) < 4.78 is 40.4. The molecule has 0 spiro atoms. The molecule has 2 aromatic heterocycles. The number of fused-ring (bicyclic) bond motifs is 1. The van der Waals surface area contributed by atoms with Crippen LogP contribution >= 0.6 is 0 Å². The van der Waals surface area contributed by atoms with Crippen molar-refractivity contribution in [2.24, 2.45) is 0 Å². The minimum Gasteiger partial charge on any atom is -0.491 e. The Kier molecular flexibility index (Phi) is 3.86. The second-order valence-corrected chi connectivity index (χ2v) is 5.59. The van der Waals surface area contributed by atoms with E-state index in [9.17, 15) is 13.6 Å². The Morgan fingerprint density at radius 3 is 2.92 bits per heavy atom. The molecule has 0 bridgehead atoms. The molecule has 3 heterocycles. The predicted octanol–water partition coefficient (Wildman–Crippen LogP) is 2.83. The number of oxazole rings is 1. The number of nitrogens with zero attached hydrogens (tertiary/aromatic N) is 3. The SMILES string of the molecule is Cc1ncc(C(=O)NC2COc3cc(-c4noc(C(F)F)n4)ccc32)o1. The first-order chi connectivity index (χ1) is 12.5. The number of benzene rings is 1. The Labute approximate surface area is 145 Å². The van der Waals surface area contributed by atoms with E-state index >= 15 is 0 Å². The number of carbonyl (C=O) groups excluding carboxylic acids is 1. The van der Waals surface area contributed by atoms with Gasteiger partial charge in [0.05, 0.1) is 12.2 Å². The quantitative estimate of drug-likeness (QED) is 0.761. The predicted molar refractivity (Wildman–Crippen MR) is 81.6 cm³/mol. The monoisotopic (exact) mass is 362 g/mol. The van der Waals surface area contributed by atoms with Gasteiger partial charge in [-0.2, -0.15) is 13.8 Å². The molecule has 0 aliphatic carbocycles. The second-order valence-electron chi connectivity index (χ2n) is 5.59. The van der Waals surface area contributed by atoms with E-state index in [1.807, 2.05) is 0 Å². The summed E-state index contributed by atoms with van der Waals surface area (Å²) in [6.45, 7) is 1.87. The summed E-state index contributed by atoms with van der Waals surface area (Å²) in [6.07, 6.45) is -1.48. The molecule has 1 unspecified atom stereocenters. The van der Waals surface area contributed by atoms with Crippen LogP contribution in [-0.2, 0) is 0 Å². The van der Waals surface area contributed by atoms with Crippen LogP contribution in [-0.4, -0.2) is 27.6 Å². The van der Waals surface area contributed by atoms with Gasteiger partial charge in [0.25, 0.3) is 11.8 Å². The molecule has 0 saturated carbocycles. The Morgan fingerprint density at radius 1 is 1.38 bits per heavy atom. The zero-order valence-corrected chi connectivity index (χ0v) is 13.4. The molecule has 10 heteroatoms. The Balaban J connectivity index is 1.53. The first kappa shape index (κ1) is 16.2. The van der Waals surface area contributed by atoms with E-state index in [4.69, 9.17) is 9.15 Å². The van der Waals surface area contributed by atoms with Gasteiger partial charge in [-0.05, 0) is 6.07 Å². The molecule has 0 saturated heterocycles. The molecule has 0 radical (unpaired) electrons. The zero-order chi connectivity index (χ0) is 18.3. The van der Waals surface area contributed by atoms with Crippen LogP contribution in [0.2, 0.25) is 0 Å². The second kappa shape index (κ2) is 6.21. The molecule has 3 aromatic rings. The lowest BCUT2D eigenvalue weighted by atomic mass is 10.1. The number of alkyl halides is 2. The Morgan fingerprint density at radius 2 is 2.23 bits per heavy atom. The summed E-state index contributed by atoms with van der Waals surface area (Å²) in [4.78, 5) is 19.7. The molecular weight excluding hydrogens is 350 g/mol. The minimum atomic E-state index is -2.83. The van der Waals surface area contributed by atoms with Crippen molar-refractivity contribution in [1.82, 2.24) is 20.4 Å². The van der Waals surface area contributed by atoms with Gasteiger partial charge in [-0.25, -0.2) is 4.98 Å². The summed E-state index contributed by atoms with van der Waals surface area (Å²) in [5.74, 6) is -0.101. The van der Waals surface area contributed by atoms with E-state index in [0.29, 0.717) is 17.2 Å². The third kappa shape index (κ3) is 2.89. The number of aromatic nitrogens is 3. The van der Waals surface area contributed by atoms with Crippen LogP contribution in [0.5, 0.6) is 5.75 Å². The van der Waals surface area contributed by atoms with Crippen molar-refractivity contribution in [3.05, 3.63) is 47.5 Å². The lowest BCUT2D eigenvalue weighted by Gasteiger charge is -2.10. The summed E-state index contributed by atoms with van der Waals surface area (Å²) in [5.41, 5.74) is 1.22. The molecule has 26 heavy (non-hydrogen) atoms. The number of amides is 1. The van der Waals surface area contributed by atoms with Crippen LogP contribution in [0, 0.1) is 6.92 Å². The molecule has 1 N–H and O–H groups in total. The lowest BCUT2D eigenvalue weighted by Crippen LogP contribution is -2.29. The highest BCUT2D eigenvalue weighted by atomic mass is 19.3. The van der Waals surface area contributed by atoms with Crippen molar-refractivity contribution in [1.29, 1.82) is 0 Å². The maximum Gasteiger partial charge on any atom is 0.315 e. The zero-order valence-electron chi connectivity index (χ0n) is 13.4. The van der Waals surface area contributed by atoms with Crippen molar-refractivity contribution < 1.29 is 27.3 Å². The molecular formula is C16H12F2N4O4. The van der Waals surface area contributed by atoms with E-state index in [1.165, 1.54) is 6.20 Å². The normalized spacial score (nSPS) is 15.8. The summed E-state index contributed by atoms with van der Waals surface area (Å²) in [5, 5.41) is 6.33. The molecule has 1 aromatic carbocycles. The van der Waals surface area contributed by atoms with E-state index in [2.05, 4.69) is 25.0 Å². The molecule has 1 aliphatic rings. The fourth-order valence-electron chi connectivity index (χ4n) is 2.61. The van der Waals surface area contributed by atoms with E-state index in [0.717, 1.165) is 5.56 Å². The van der Waals surface area contributed by atoms with E-state index in [-0.39, 0.29) is 24.2 Å². The average Bonchev–Trinajstić information content (AvgIpc) is 3.34. The molecule has 134 valence electrons. The minimum absolute atomic E-state index is 0.0383. The highest BCUT2D eigenvalue weighted by Gasteiger charge is 2.28. The number of ether oxygens (including phenoxy) is 1. The smallest absolute Gasteiger partial charge is 0.315 e. The van der Waals surface area contributed by atoms with Crippen molar-refractivity contribution in [2.75, 3.05) is 6.61 Å². The van der Waals surface area contributed by atoms with Crippen molar-refractivity contribution in [3.63, 3.8) is 0 Å². The topological polar surface area (TPSA) is 103 Å². The molecule has 4 rings (SSSR count). The maximum atomic E-state index is 12.6. The van der Waals surface area contributed by atoms with Crippen molar-refractivity contribution in [3.8, 4) is 17.1 Å². The third-order valence-electron chi connectivity index (χ3n) is 3.83. The fraction of sp³-hybridized carbons (Fsp3) is 0.250. The fourth-order valence-corrected chi connectivity index (χ4v) is 2.61. The van der Waals surface area contributed by atoms with E-state index in [1.54, 1.807) is 25.1 Å². The van der Waals surface area contributed by atoms with E-state index < -0.39 is 18.2 Å². The number of halogens is 2. The van der Waals surface area contributed by atoms with Crippen LogP contribution in [0.3, 0.4) is 0 Å². The third-order valence-corrected chi connectivity index (χ3v) is 3.83. The highest BCUT2D eigenvalue weighted by Crippen LogP contribution is 2.35. The van der Waals surface area contributed by atoms with Crippen LogP contribution in [0.15, 0.2) is 33.3 Å². The van der Waals surface area contributed by atoms with Gasteiger partial charge in [0.15, 0.2) is 5.89 Å². The maximum absolute atomic E-state index is 12.6. The molecule has 8 nitrogen and oxygen atoms in total. The van der Waals surface area contributed by atoms with Gasteiger partial charge in [0.2, 0.25) is 11.6 Å². The number of nitrogens with one attached hydrogen (secondary N) is 1. The highest BCUT2D eigenvalue weighted by molar-refractivity contribution is 5.91. The Bertz CT molecular complexity index is 969. The first-order valence-electron chi connectivity index (χ1n) is 7.63. The largest absolute Gasteiger partial charge is 0.491 e. The van der Waals surface area contributed by atoms with Crippen LogP contribution in [0.4, 0.5) is 8.78 Å². The molecule has 1 atom stereocenters. The number of rotatable bonds is 4. The van der Waals surface area contributed by atoms with Gasteiger partial charge >= 0.3 is 6.43 Å². The van der Waals surface area contributed by atoms with Gasteiger partial charge in [0, 0.05) is 18.1 Å². The van der Waals surface area contributed by atoms with Crippen LogP contribution in [0.25, 0.3) is 11.4 Å². The van der Waals surface area contributed by atoms with Crippen LogP contribution in [0.1, 0.15) is 40.4 Å². The van der Waals surface area contributed by atoms with Gasteiger partial charge in [0.1, 0.15) is 12.4 Å². The van der Waals surface area contributed by atoms with Gasteiger partial charge in [-0.15, -0.1) is 0 Å². The van der Waals surface area contributed by atoms with Gasteiger partial charge in [-0.1, -0.05) is 17.3 Å². The molecule has 0 fully saturated rings. The van der Waals surface area contributed by atoms with Gasteiger partial charge in [-0.3, -0.25) is 4.79 Å². The standard InChI is InChI=1S/C16H12F2N4O4/c1-7-19-5-12(25-7)15(23)20-10-6-24-11-4-8(2-3-9(10)11)14-21-16(13(17)18)26-22-14/h2-5,10,13H,6H2,1H3,(H,20,23). The Hall–Kier alpha value is -3.30. The number of hydrogen-bond acceptors (Lipinski definition) is 7. The first-order valence-corrected chi connectivity index (χ1v) is 7.63. The summed E-state index contributed by atoms with van der Waals surface area (Å²) >= 11 is 0. The lowest BCUT2D eigenvalue weighted by molar-refractivity contribution is 0.0901. The summed E-state index contributed by atoms with van der Waals surface area (Å²) in [7, 11) is 0. The van der Waals surface area contributed by atoms with Crippen molar-refractivity contribution >= 4 is 5.91 Å². The van der Waals surface area contributed by atoms with Crippen molar-refractivity contribution in [2.45, 2.75) is 19.4 Å². The number of aryl methyl sites for hydroxylation is 1. The molecule has 1 amide bonds. The number of carbonyl (C=O) groups is 1.